The second kappa shape index (κ2) is 6.39. The summed E-state index contributed by atoms with van der Waals surface area (Å²) in [5.74, 6) is -1.83. The minimum Gasteiger partial charge on any atom is -0.507 e. The Kier molecular flexibility index (Phi) is 4.87. The van der Waals surface area contributed by atoms with E-state index in [9.17, 15) is 19.5 Å². The number of carbonyl (C=O) groups is 3. The number of nitrogens with one attached hydrogen (secondary N) is 2. The molecule has 0 heterocycles. The van der Waals surface area contributed by atoms with Crippen molar-refractivity contribution in [2.24, 2.45) is 0 Å². The largest absolute Gasteiger partial charge is 0.507 e. The molecule has 102 valence electrons. The molecule has 0 aliphatic carbocycles. The zero-order valence-electron chi connectivity index (χ0n) is 10.5. The number of aryl methyl sites for hydroxylation is 1. The van der Waals surface area contributed by atoms with Gasteiger partial charge < -0.3 is 15.2 Å². The number of phenolic OH excluding ortho intramolecular Hbond substituents is 1. The minimum atomic E-state index is -0.843. The van der Waals surface area contributed by atoms with Crippen molar-refractivity contribution in [2.75, 3.05) is 13.7 Å². The SMILES string of the molecule is CNC(=O)NC(=O)COC(=O)c1ccc(C)cc1O. The summed E-state index contributed by atoms with van der Waals surface area (Å²) in [4.78, 5) is 33.6. The van der Waals surface area contributed by atoms with Gasteiger partial charge >= 0.3 is 12.0 Å². The van der Waals surface area contributed by atoms with Gasteiger partial charge in [0.15, 0.2) is 6.61 Å². The maximum Gasteiger partial charge on any atom is 0.342 e. The fourth-order valence-corrected chi connectivity index (χ4v) is 1.25. The van der Waals surface area contributed by atoms with Crippen LogP contribution in [0.3, 0.4) is 0 Å². The molecule has 3 amide bonds. The number of hydrogen-bond donors (Lipinski definition) is 3. The summed E-state index contributed by atoms with van der Waals surface area (Å²) >= 11 is 0. The number of imide groups is 1. The van der Waals surface area contributed by atoms with Crippen molar-refractivity contribution >= 4 is 17.9 Å². The molecular formula is C12H14N2O5. The lowest BCUT2D eigenvalue weighted by atomic mass is 10.1. The Hall–Kier alpha value is -2.57. The Bertz CT molecular complexity index is 513. The molecular weight excluding hydrogens is 252 g/mol. The monoisotopic (exact) mass is 266 g/mol. The van der Waals surface area contributed by atoms with Crippen molar-refractivity contribution in [1.29, 1.82) is 0 Å². The third kappa shape index (κ3) is 4.30. The van der Waals surface area contributed by atoms with E-state index in [2.05, 4.69) is 10.1 Å². The van der Waals surface area contributed by atoms with Gasteiger partial charge in [0, 0.05) is 7.05 Å². The van der Waals surface area contributed by atoms with E-state index in [1.807, 2.05) is 5.32 Å². The van der Waals surface area contributed by atoms with E-state index in [0.717, 1.165) is 5.56 Å². The smallest absolute Gasteiger partial charge is 0.342 e. The van der Waals surface area contributed by atoms with E-state index in [0.29, 0.717) is 0 Å². The van der Waals surface area contributed by atoms with Gasteiger partial charge in [-0.15, -0.1) is 0 Å². The first-order chi connectivity index (χ1) is 8.93. The minimum absolute atomic E-state index is 0.0432. The predicted octanol–water partition coefficient (Wildman–Crippen LogP) is 0.313. The Morgan fingerprint density at radius 1 is 1.32 bits per heavy atom. The summed E-state index contributed by atoms with van der Waals surface area (Å²) in [5, 5.41) is 13.7. The van der Waals surface area contributed by atoms with Gasteiger partial charge in [0.05, 0.1) is 0 Å². The summed E-state index contributed by atoms with van der Waals surface area (Å²) < 4.78 is 4.66. The fraction of sp³-hybridized carbons (Fsp3) is 0.250. The molecule has 7 heteroatoms. The molecule has 1 aromatic carbocycles. The van der Waals surface area contributed by atoms with Crippen LogP contribution in [0.4, 0.5) is 4.79 Å². The molecule has 0 aliphatic rings. The van der Waals surface area contributed by atoms with Gasteiger partial charge in [0.1, 0.15) is 11.3 Å². The fourth-order valence-electron chi connectivity index (χ4n) is 1.25. The highest BCUT2D eigenvalue weighted by molar-refractivity contribution is 5.97. The average Bonchev–Trinajstić information content (AvgIpc) is 2.35. The number of hydrogen-bond acceptors (Lipinski definition) is 5. The molecule has 7 nitrogen and oxygen atoms in total. The van der Waals surface area contributed by atoms with Crippen molar-refractivity contribution in [1.82, 2.24) is 10.6 Å². The molecule has 1 rings (SSSR count). The lowest BCUT2D eigenvalue weighted by Gasteiger charge is -2.07. The second-order valence-electron chi connectivity index (χ2n) is 3.72. The zero-order chi connectivity index (χ0) is 14.4. The summed E-state index contributed by atoms with van der Waals surface area (Å²) in [6.45, 7) is 1.14. The number of benzene rings is 1. The topological polar surface area (TPSA) is 105 Å². The van der Waals surface area contributed by atoms with Crippen molar-refractivity contribution < 1.29 is 24.2 Å². The van der Waals surface area contributed by atoms with Crippen LogP contribution in [0, 0.1) is 6.92 Å². The summed E-state index contributed by atoms with van der Waals surface area (Å²) in [7, 11) is 1.35. The number of aromatic hydroxyl groups is 1. The predicted molar refractivity (Wildman–Crippen MR) is 65.7 cm³/mol. The van der Waals surface area contributed by atoms with Gasteiger partial charge in [-0.2, -0.15) is 0 Å². The van der Waals surface area contributed by atoms with Crippen LogP contribution in [0.5, 0.6) is 5.75 Å². The highest BCUT2D eigenvalue weighted by atomic mass is 16.5. The molecule has 0 spiro atoms. The highest BCUT2D eigenvalue weighted by Gasteiger charge is 2.15. The molecule has 1 aromatic rings. The number of urea groups is 1. The van der Waals surface area contributed by atoms with Crippen LogP contribution in [0.2, 0.25) is 0 Å². The van der Waals surface area contributed by atoms with Gasteiger partial charge in [0.2, 0.25) is 0 Å². The van der Waals surface area contributed by atoms with Gasteiger partial charge in [-0.25, -0.2) is 9.59 Å². The molecule has 0 unspecified atom stereocenters. The molecule has 0 fully saturated rings. The standard InChI is InChI=1S/C12H14N2O5/c1-7-3-4-8(9(15)5-7)11(17)19-6-10(16)14-12(18)13-2/h3-5,15H,6H2,1-2H3,(H2,13,14,16,18). The highest BCUT2D eigenvalue weighted by Crippen LogP contribution is 2.19. The van der Waals surface area contributed by atoms with Crippen LogP contribution in [-0.4, -0.2) is 36.7 Å². The van der Waals surface area contributed by atoms with Crippen LogP contribution >= 0.6 is 0 Å². The second-order valence-corrected chi connectivity index (χ2v) is 3.72. The van der Waals surface area contributed by atoms with Gasteiger partial charge in [-0.3, -0.25) is 10.1 Å². The number of rotatable bonds is 3. The Balaban J connectivity index is 2.56. The maximum absolute atomic E-state index is 11.6. The normalized spacial score (nSPS) is 9.58. The van der Waals surface area contributed by atoms with Crippen LogP contribution in [0.1, 0.15) is 15.9 Å². The molecule has 0 atom stereocenters. The molecule has 0 radical (unpaired) electrons. The molecule has 0 bridgehead atoms. The van der Waals surface area contributed by atoms with Gasteiger partial charge in [-0.1, -0.05) is 6.07 Å². The number of amides is 3. The Morgan fingerprint density at radius 3 is 2.58 bits per heavy atom. The lowest BCUT2D eigenvalue weighted by molar-refractivity contribution is -0.123. The molecule has 0 saturated carbocycles. The van der Waals surface area contributed by atoms with Crippen molar-refractivity contribution in [3.63, 3.8) is 0 Å². The Morgan fingerprint density at radius 2 is 2.00 bits per heavy atom. The molecule has 0 aromatic heterocycles. The first-order valence-corrected chi connectivity index (χ1v) is 5.42. The van der Waals surface area contributed by atoms with Crippen LogP contribution in [0.15, 0.2) is 18.2 Å². The lowest BCUT2D eigenvalue weighted by Crippen LogP contribution is -2.39. The third-order valence-corrected chi connectivity index (χ3v) is 2.19. The summed E-state index contributed by atoms with van der Waals surface area (Å²) in [5.41, 5.74) is 0.741. The molecule has 0 saturated heterocycles. The molecule has 19 heavy (non-hydrogen) atoms. The molecule has 0 aliphatic heterocycles. The van der Waals surface area contributed by atoms with E-state index in [1.165, 1.54) is 19.2 Å². The van der Waals surface area contributed by atoms with Crippen molar-refractivity contribution in [3.05, 3.63) is 29.3 Å². The third-order valence-electron chi connectivity index (χ3n) is 2.19. The van der Waals surface area contributed by atoms with E-state index >= 15 is 0 Å². The van der Waals surface area contributed by atoms with E-state index in [-0.39, 0.29) is 11.3 Å². The molecule has 3 N–H and O–H groups in total. The zero-order valence-corrected chi connectivity index (χ0v) is 10.5. The van der Waals surface area contributed by atoms with Gasteiger partial charge in [0.25, 0.3) is 5.91 Å². The number of esters is 1. The van der Waals surface area contributed by atoms with Crippen molar-refractivity contribution in [2.45, 2.75) is 6.92 Å². The van der Waals surface area contributed by atoms with E-state index in [4.69, 9.17) is 0 Å². The number of phenols is 1. The quantitative estimate of drug-likeness (QED) is 0.683. The van der Waals surface area contributed by atoms with Crippen molar-refractivity contribution in [3.8, 4) is 5.75 Å². The van der Waals surface area contributed by atoms with Crippen LogP contribution in [-0.2, 0) is 9.53 Å². The average molecular weight is 266 g/mol. The number of ether oxygens (including phenoxy) is 1. The first-order valence-electron chi connectivity index (χ1n) is 5.42. The summed E-state index contributed by atoms with van der Waals surface area (Å²) in [6, 6.07) is 3.73. The van der Waals surface area contributed by atoms with E-state index < -0.39 is 24.5 Å². The summed E-state index contributed by atoms with van der Waals surface area (Å²) in [6.07, 6.45) is 0. The van der Waals surface area contributed by atoms with Crippen LogP contribution in [0.25, 0.3) is 0 Å². The van der Waals surface area contributed by atoms with E-state index in [1.54, 1.807) is 13.0 Å². The first kappa shape index (κ1) is 14.5. The number of carbonyl (C=O) groups excluding carboxylic acids is 3. The Labute approximate surface area is 109 Å². The maximum atomic E-state index is 11.6. The van der Waals surface area contributed by atoms with Crippen LogP contribution < -0.4 is 10.6 Å². The van der Waals surface area contributed by atoms with Gasteiger partial charge in [-0.05, 0) is 24.6 Å².